The molecule has 2 aromatic rings. The second-order valence-corrected chi connectivity index (χ2v) is 5.55. The number of aliphatic hydroxyl groups excluding tert-OH is 2. The summed E-state index contributed by atoms with van der Waals surface area (Å²) in [5.41, 5.74) is 0.0155. The summed E-state index contributed by atoms with van der Waals surface area (Å²) in [5, 5.41) is 21.6. The molecular formula is C17H17N3O5. The van der Waals surface area contributed by atoms with E-state index in [0.29, 0.717) is 5.56 Å². The van der Waals surface area contributed by atoms with Gasteiger partial charge in [0, 0.05) is 17.3 Å². The maximum absolute atomic E-state index is 12.2. The zero-order valence-corrected chi connectivity index (χ0v) is 13.2. The molecule has 1 aliphatic heterocycles. The van der Waals surface area contributed by atoms with Crippen LogP contribution in [0.3, 0.4) is 0 Å². The summed E-state index contributed by atoms with van der Waals surface area (Å²) in [4.78, 5) is 28.1. The molecule has 1 aromatic heterocycles. The van der Waals surface area contributed by atoms with Crippen molar-refractivity contribution in [2.45, 2.75) is 18.4 Å². The van der Waals surface area contributed by atoms with Crippen molar-refractivity contribution in [1.29, 1.82) is 0 Å². The number of aliphatic hydroxyl groups is 2. The van der Waals surface area contributed by atoms with E-state index in [2.05, 4.69) is 16.9 Å². The molecule has 25 heavy (non-hydrogen) atoms. The molecule has 0 aliphatic carbocycles. The Kier molecular flexibility index (Phi) is 4.75. The zero-order chi connectivity index (χ0) is 18.0. The molecule has 8 heteroatoms. The highest BCUT2D eigenvalue weighted by Gasteiger charge is 2.38. The van der Waals surface area contributed by atoms with Gasteiger partial charge in [-0.1, -0.05) is 24.8 Å². The zero-order valence-electron chi connectivity index (χ0n) is 13.2. The lowest BCUT2D eigenvalue weighted by Crippen LogP contribution is -2.29. The number of nitrogens with zero attached hydrogens (tertiary/aromatic N) is 2. The molecule has 3 N–H and O–H groups in total. The van der Waals surface area contributed by atoms with E-state index in [-0.39, 0.29) is 17.3 Å². The van der Waals surface area contributed by atoms with Gasteiger partial charge in [0.25, 0.3) is 5.91 Å². The van der Waals surface area contributed by atoms with Gasteiger partial charge in [-0.15, -0.1) is 0 Å². The van der Waals surface area contributed by atoms with Gasteiger partial charge >= 0.3 is 5.69 Å². The normalized spacial score (nSPS) is 22.8. The number of hydrogen-bond acceptors (Lipinski definition) is 6. The maximum atomic E-state index is 12.2. The number of aromatic nitrogens is 2. The molecule has 1 fully saturated rings. The molecule has 0 saturated carbocycles. The van der Waals surface area contributed by atoms with Crippen LogP contribution in [0.2, 0.25) is 0 Å². The van der Waals surface area contributed by atoms with Gasteiger partial charge < -0.3 is 20.3 Å². The molecule has 1 amide bonds. The summed E-state index contributed by atoms with van der Waals surface area (Å²) in [6.45, 7) is 3.30. The second-order valence-electron chi connectivity index (χ2n) is 5.55. The van der Waals surface area contributed by atoms with Crippen LogP contribution in [0.5, 0.6) is 0 Å². The number of hydrogen-bond donors (Lipinski definition) is 3. The third-order valence-corrected chi connectivity index (χ3v) is 3.89. The van der Waals surface area contributed by atoms with Crippen LogP contribution >= 0.6 is 0 Å². The van der Waals surface area contributed by atoms with Crippen LogP contribution in [0.15, 0.2) is 59.5 Å². The fraction of sp³-hybridized carbons (Fsp3) is 0.235. The largest absolute Gasteiger partial charge is 0.394 e. The molecule has 1 aromatic carbocycles. The van der Waals surface area contributed by atoms with E-state index in [1.807, 2.05) is 0 Å². The van der Waals surface area contributed by atoms with Gasteiger partial charge in [0.05, 0.1) is 6.61 Å². The number of carbonyl (C=O) groups excluding carboxylic acids is 1. The Morgan fingerprint density at radius 3 is 2.64 bits per heavy atom. The molecule has 0 spiro atoms. The van der Waals surface area contributed by atoms with E-state index in [0.717, 1.165) is 4.57 Å². The van der Waals surface area contributed by atoms with Crippen molar-refractivity contribution in [3.8, 4) is 0 Å². The Hall–Kier alpha value is -2.81. The summed E-state index contributed by atoms with van der Waals surface area (Å²) in [5.74, 6) is -0.291. The molecule has 130 valence electrons. The fourth-order valence-electron chi connectivity index (χ4n) is 2.54. The van der Waals surface area contributed by atoms with E-state index in [1.54, 1.807) is 30.3 Å². The van der Waals surface area contributed by atoms with Gasteiger partial charge in [0.15, 0.2) is 6.23 Å². The summed E-state index contributed by atoms with van der Waals surface area (Å²) in [6.07, 6.45) is -1.45. The van der Waals surface area contributed by atoms with Gasteiger partial charge in [-0.25, -0.2) is 4.79 Å². The van der Waals surface area contributed by atoms with Gasteiger partial charge in [-0.05, 0) is 18.2 Å². The third kappa shape index (κ3) is 3.36. The molecule has 8 nitrogen and oxygen atoms in total. The molecule has 1 saturated heterocycles. The topological polar surface area (TPSA) is 114 Å². The van der Waals surface area contributed by atoms with E-state index in [4.69, 9.17) is 9.84 Å². The Morgan fingerprint density at radius 1 is 1.32 bits per heavy atom. The molecule has 3 rings (SSSR count). The fourth-order valence-corrected chi connectivity index (χ4v) is 2.54. The quantitative estimate of drug-likeness (QED) is 0.688. The van der Waals surface area contributed by atoms with E-state index < -0.39 is 30.7 Å². The van der Waals surface area contributed by atoms with Crippen LogP contribution in [0.4, 0.5) is 5.82 Å². The summed E-state index contributed by atoms with van der Waals surface area (Å²) in [7, 11) is 0. The van der Waals surface area contributed by atoms with Crippen LogP contribution in [-0.2, 0) is 4.74 Å². The Morgan fingerprint density at radius 2 is 2.04 bits per heavy atom. The molecule has 0 unspecified atom stereocenters. The lowest BCUT2D eigenvalue weighted by molar-refractivity contribution is -0.0447. The number of nitrogens with one attached hydrogen (secondary N) is 1. The number of amides is 1. The number of benzene rings is 1. The number of anilines is 1. The van der Waals surface area contributed by atoms with Crippen LogP contribution in [0.25, 0.3) is 0 Å². The minimum absolute atomic E-state index is 0.0953. The molecule has 0 radical (unpaired) electrons. The Labute approximate surface area is 143 Å². The van der Waals surface area contributed by atoms with Gasteiger partial charge in [0.2, 0.25) is 0 Å². The van der Waals surface area contributed by atoms with Gasteiger partial charge in [-0.2, -0.15) is 4.98 Å². The summed E-state index contributed by atoms with van der Waals surface area (Å²) in [6, 6.07) is 9.97. The predicted octanol–water partition coefficient (Wildman–Crippen LogP) is 0.302. The average Bonchev–Trinajstić information content (AvgIpc) is 2.91. The lowest BCUT2D eigenvalue weighted by Gasteiger charge is -2.15. The van der Waals surface area contributed by atoms with Crippen molar-refractivity contribution in [3.05, 3.63) is 70.8 Å². The highest BCUT2D eigenvalue weighted by molar-refractivity contribution is 6.03. The lowest BCUT2D eigenvalue weighted by atomic mass is 10.1. The average molecular weight is 343 g/mol. The van der Waals surface area contributed by atoms with Crippen molar-refractivity contribution in [1.82, 2.24) is 9.55 Å². The first-order valence-electron chi connectivity index (χ1n) is 7.60. The van der Waals surface area contributed by atoms with Crippen LogP contribution in [0.1, 0.15) is 16.6 Å². The number of rotatable bonds is 4. The van der Waals surface area contributed by atoms with Gasteiger partial charge in [0.1, 0.15) is 18.0 Å². The van der Waals surface area contributed by atoms with Crippen LogP contribution in [-0.4, -0.2) is 44.5 Å². The van der Waals surface area contributed by atoms with Crippen LogP contribution in [0, 0.1) is 0 Å². The Balaban J connectivity index is 1.79. The second kappa shape index (κ2) is 6.98. The minimum Gasteiger partial charge on any atom is -0.394 e. The number of carbonyl (C=O) groups is 1. The van der Waals surface area contributed by atoms with Crippen LogP contribution < -0.4 is 11.0 Å². The first kappa shape index (κ1) is 17.0. The van der Waals surface area contributed by atoms with Gasteiger partial charge in [-0.3, -0.25) is 9.36 Å². The van der Waals surface area contributed by atoms with Crippen molar-refractivity contribution in [3.63, 3.8) is 0 Å². The minimum atomic E-state index is -1.07. The molecule has 3 atom stereocenters. The molecule has 2 heterocycles. The summed E-state index contributed by atoms with van der Waals surface area (Å²) >= 11 is 0. The smallest absolute Gasteiger partial charge is 0.351 e. The van der Waals surface area contributed by atoms with E-state index in [9.17, 15) is 14.7 Å². The third-order valence-electron chi connectivity index (χ3n) is 3.89. The van der Waals surface area contributed by atoms with Crippen molar-refractivity contribution >= 4 is 11.7 Å². The van der Waals surface area contributed by atoms with E-state index in [1.165, 1.54) is 12.3 Å². The monoisotopic (exact) mass is 343 g/mol. The highest BCUT2D eigenvalue weighted by atomic mass is 16.5. The van der Waals surface area contributed by atoms with Crippen molar-refractivity contribution in [2.75, 3.05) is 11.9 Å². The first-order valence-corrected chi connectivity index (χ1v) is 7.60. The standard InChI is InChI=1S/C17H17N3O5/c1-10-14(22)12(9-21)25-16(10)20-8-7-13(19-17(20)24)18-15(23)11-5-3-2-4-6-11/h2-8,12,14,16,21-22H,1,9H2,(H,18,19,23,24)/t12-,14-,16+/m0/s1. The summed E-state index contributed by atoms with van der Waals surface area (Å²) < 4.78 is 6.57. The maximum Gasteiger partial charge on any atom is 0.351 e. The molecule has 0 bridgehead atoms. The van der Waals surface area contributed by atoms with Crippen molar-refractivity contribution < 1.29 is 19.7 Å². The SMILES string of the molecule is C=C1[C@H](n2ccc(NC(=O)c3ccccc3)nc2=O)O[C@@H](CO)[C@H]1O. The highest BCUT2D eigenvalue weighted by Crippen LogP contribution is 2.31. The number of ether oxygens (including phenoxy) is 1. The predicted molar refractivity (Wildman–Crippen MR) is 89.0 cm³/mol. The molecule has 1 aliphatic rings. The molecular weight excluding hydrogens is 326 g/mol. The van der Waals surface area contributed by atoms with E-state index >= 15 is 0 Å². The Bertz CT molecular complexity index is 849. The van der Waals surface area contributed by atoms with Crippen molar-refractivity contribution in [2.24, 2.45) is 0 Å². The first-order chi connectivity index (χ1) is 12.0.